The predicted molar refractivity (Wildman–Crippen MR) is 145 cm³/mol. The Kier molecular flexibility index (Phi) is 9.44. The van der Waals surface area contributed by atoms with Crippen LogP contribution in [0.2, 0.25) is 0 Å². The van der Waals surface area contributed by atoms with Crippen molar-refractivity contribution in [2.75, 3.05) is 17.2 Å². The highest BCUT2D eigenvalue weighted by Gasteiger charge is 2.12. The first-order chi connectivity index (χ1) is 17.6. The Morgan fingerprint density at radius 2 is 1.38 bits per heavy atom. The maximum absolute atomic E-state index is 12.3. The molecular weight excluding hydrogens is 468 g/mol. The third-order valence-electron chi connectivity index (χ3n) is 5.58. The van der Waals surface area contributed by atoms with E-state index >= 15 is 0 Å². The molecule has 0 radical (unpaired) electrons. The van der Waals surface area contributed by atoms with Crippen LogP contribution in [0.15, 0.2) is 60.7 Å². The van der Waals surface area contributed by atoms with E-state index in [4.69, 9.17) is 9.47 Å². The molecule has 0 spiro atoms. The molecule has 0 atom stereocenters. The van der Waals surface area contributed by atoms with Crippen molar-refractivity contribution in [2.24, 2.45) is 0 Å². The summed E-state index contributed by atoms with van der Waals surface area (Å²) in [6, 6.07) is 18.9. The van der Waals surface area contributed by atoms with Crippen molar-refractivity contribution in [1.82, 2.24) is 0 Å². The summed E-state index contributed by atoms with van der Waals surface area (Å²) in [6.45, 7) is 9.72. The summed E-state index contributed by atoms with van der Waals surface area (Å²) in [6.07, 6.45) is -0.188. The summed E-state index contributed by atoms with van der Waals surface area (Å²) in [5.74, 6) is 0.421. The van der Waals surface area contributed by atoms with E-state index in [1.807, 2.05) is 45.0 Å². The summed E-state index contributed by atoms with van der Waals surface area (Å²) >= 11 is 0. The van der Waals surface area contributed by atoms with Crippen LogP contribution in [0.4, 0.5) is 11.4 Å². The van der Waals surface area contributed by atoms with Gasteiger partial charge in [0.1, 0.15) is 11.5 Å². The zero-order valence-electron chi connectivity index (χ0n) is 22.0. The Labute approximate surface area is 218 Å². The van der Waals surface area contributed by atoms with Gasteiger partial charge in [-0.05, 0) is 91.4 Å². The number of ether oxygens (including phenoxy) is 2. The molecule has 194 valence electrons. The van der Waals surface area contributed by atoms with Gasteiger partial charge >= 0.3 is 5.97 Å². The molecule has 0 aliphatic heterocycles. The number of anilines is 2. The number of hydrogen-bond acceptors (Lipinski definition) is 5. The highest BCUT2D eigenvalue weighted by Crippen LogP contribution is 2.32. The van der Waals surface area contributed by atoms with Crippen LogP contribution in [-0.2, 0) is 19.1 Å². The molecule has 0 unspecified atom stereocenters. The topological polar surface area (TPSA) is 93.7 Å². The van der Waals surface area contributed by atoms with Crippen molar-refractivity contribution in [3.05, 3.63) is 82.9 Å². The smallest absolute Gasteiger partial charge is 0.306 e. The summed E-state index contributed by atoms with van der Waals surface area (Å²) in [4.78, 5) is 36.3. The Bertz CT molecular complexity index is 1250. The van der Waals surface area contributed by atoms with Crippen molar-refractivity contribution in [2.45, 2.75) is 53.4 Å². The van der Waals surface area contributed by atoms with E-state index in [1.165, 1.54) is 0 Å². The van der Waals surface area contributed by atoms with Gasteiger partial charge in [0.25, 0.3) is 5.91 Å². The van der Waals surface area contributed by atoms with Gasteiger partial charge in [-0.3, -0.25) is 14.4 Å². The fourth-order valence-electron chi connectivity index (χ4n) is 3.84. The maximum Gasteiger partial charge on any atom is 0.306 e. The summed E-state index contributed by atoms with van der Waals surface area (Å²) < 4.78 is 11.1. The second-order valence-corrected chi connectivity index (χ2v) is 9.46. The molecule has 0 heterocycles. The fraction of sp³-hybridized carbons (Fsp3) is 0.300. The molecule has 0 saturated carbocycles. The summed E-state index contributed by atoms with van der Waals surface area (Å²) in [5, 5.41) is 5.46. The Morgan fingerprint density at radius 1 is 0.730 bits per heavy atom. The number of nitrogens with one attached hydrogen (secondary N) is 2. The maximum atomic E-state index is 12.3. The third kappa shape index (κ3) is 8.79. The van der Waals surface area contributed by atoms with E-state index in [0.29, 0.717) is 23.0 Å². The number of rotatable bonds is 10. The number of carbonyl (C=O) groups excluding carboxylic acids is 3. The molecule has 0 saturated heterocycles. The lowest BCUT2D eigenvalue weighted by Crippen LogP contribution is -2.21. The number of benzene rings is 3. The summed E-state index contributed by atoms with van der Waals surface area (Å²) in [5.41, 5.74) is 5.51. The lowest BCUT2D eigenvalue weighted by Gasteiger charge is -2.15. The number of esters is 1. The van der Waals surface area contributed by atoms with Crippen molar-refractivity contribution in [1.29, 1.82) is 0 Å². The van der Waals surface area contributed by atoms with Gasteiger partial charge in [-0.2, -0.15) is 0 Å². The minimum atomic E-state index is -0.617. The molecular formula is C30H34N2O5. The molecule has 2 amide bonds. The first-order valence-corrected chi connectivity index (χ1v) is 12.3. The van der Waals surface area contributed by atoms with Crippen LogP contribution in [0, 0.1) is 20.8 Å². The quantitative estimate of drug-likeness (QED) is 0.312. The molecule has 0 aliphatic rings. The van der Waals surface area contributed by atoms with Gasteiger partial charge in [0, 0.05) is 17.8 Å². The normalized spacial score (nSPS) is 10.6. The molecule has 2 N–H and O–H groups in total. The molecule has 37 heavy (non-hydrogen) atoms. The largest absolute Gasteiger partial charge is 0.457 e. The van der Waals surface area contributed by atoms with Crippen molar-refractivity contribution in [3.63, 3.8) is 0 Å². The van der Waals surface area contributed by atoms with Gasteiger partial charge in [0.2, 0.25) is 5.91 Å². The zero-order valence-corrected chi connectivity index (χ0v) is 22.0. The van der Waals surface area contributed by atoms with Gasteiger partial charge in [0.15, 0.2) is 6.61 Å². The summed E-state index contributed by atoms with van der Waals surface area (Å²) in [7, 11) is 0. The number of hydrogen-bond donors (Lipinski definition) is 2. The zero-order chi connectivity index (χ0) is 26.9. The van der Waals surface area contributed by atoms with E-state index in [9.17, 15) is 14.4 Å². The SMILES string of the molecule is Cc1cc(C)cc(NC(=O)COC(=O)CCC(=O)Nc2ccc(Oc3cc(C)ccc3C(C)C)cc2)c1. The molecule has 0 bridgehead atoms. The monoisotopic (exact) mass is 502 g/mol. The highest BCUT2D eigenvalue weighted by molar-refractivity contribution is 5.94. The van der Waals surface area contributed by atoms with Gasteiger partial charge in [0.05, 0.1) is 6.42 Å². The van der Waals surface area contributed by atoms with Crippen LogP contribution >= 0.6 is 0 Å². The molecule has 7 heteroatoms. The first kappa shape index (κ1) is 27.5. The molecule has 3 aromatic rings. The van der Waals surface area contributed by atoms with Gasteiger partial charge in [-0.15, -0.1) is 0 Å². The van der Waals surface area contributed by atoms with Crippen LogP contribution in [0.5, 0.6) is 11.5 Å². The molecule has 3 aromatic carbocycles. The fourth-order valence-corrected chi connectivity index (χ4v) is 3.84. The van der Waals surface area contributed by atoms with E-state index in [0.717, 1.165) is 28.0 Å². The Balaban J connectivity index is 1.42. The Morgan fingerprint density at radius 3 is 2.03 bits per heavy atom. The minimum Gasteiger partial charge on any atom is -0.457 e. The van der Waals surface area contributed by atoms with E-state index in [1.54, 1.807) is 24.3 Å². The van der Waals surface area contributed by atoms with Crippen molar-refractivity contribution >= 4 is 29.2 Å². The number of amides is 2. The second kappa shape index (κ2) is 12.7. The van der Waals surface area contributed by atoms with Crippen LogP contribution in [0.25, 0.3) is 0 Å². The van der Waals surface area contributed by atoms with Crippen LogP contribution in [0.1, 0.15) is 54.9 Å². The Hall–Kier alpha value is -4.13. The van der Waals surface area contributed by atoms with Crippen molar-refractivity contribution in [3.8, 4) is 11.5 Å². The second-order valence-electron chi connectivity index (χ2n) is 9.46. The molecule has 0 fully saturated rings. The van der Waals surface area contributed by atoms with Crippen LogP contribution in [-0.4, -0.2) is 24.4 Å². The average molecular weight is 503 g/mol. The average Bonchev–Trinajstić information content (AvgIpc) is 2.82. The number of aryl methyl sites for hydroxylation is 3. The van der Waals surface area contributed by atoms with Crippen molar-refractivity contribution < 1.29 is 23.9 Å². The molecule has 0 aliphatic carbocycles. The van der Waals surface area contributed by atoms with Gasteiger partial charge in [-0.25, -0.2) is 0 Å². The van der Waals surface area contributed by atoms with E-state index < -0.39 is 18.5 Å². The first-order valence-electron chi connectivity index (χ1n) is 12.3. The standard InChI is InChI=1S/C30H34N2O5/c1-19(2)26-11-6-20(3)17-27(26)37-25-9-7-23(8-10-25)31-28(33)12-13-30(35)36-18-29(34)32-24-15-21(4)14-22(5)16-24/h6-11,14-17,19H,12-13,18H2,1-5H3,(H,31,33)(H,32,34). The lowest BCUT2D eigenvalue weighted by atomic mass is 10.0. The minimum absolute atomic E-state index is 0.0587. The molecule has 7 nitrogen and oxygen atoms in total. The van der Waals surface area contributed by atoms with Crippen LogP contribution in [0.3, 0.4) is 0 Å². The highest BCUT2D eigenvalue weighted by atomic mass is 16.5. The van der Waals surface area contributed by atoms with E-state index in [2.05, 4.69) is 36.6 Å². The van der Waals surface area contributed by atoms with Gasteiger partial charge < -0.3 is 20.1 Å². The number of carbonyl (C=O) groups is 3. The van der Waals surface area contributed by atoms with E-state index in [-0.39, 0.29) is 18.7 Å². The predicted octanol–water partition coefficient (Wildman–Crippen LogP) is 6.43. The lowest BCUT2D eigenvalue weighted by molar-refractivity contribution is -0.147. The third-order valence-corrected chi connectivity index (χ3v) is 5.58. The van der Waals surface area contributed by atoms with Gasteiger partial charge in [-0.1, -0.05) is 32.0 Å². The molecule has 3 rings (SSSR count). The van der Waals surface area contributed by atoms with Crippen LogP contribution < -0.4 is 15.4 Å². The molecule has 0 aromatic heterocycles.